The summed E-state index contributed by atoms with van der Waals surface area (Å²) in [7, 11) is 3.15. The number of halogens is 1. The molecule has 4 nitrogen and oxygen atoms in total. The molecule has 13 heavy (non-hydrogen) atoms. The van der Waals surface area contributed by atoms with Gasteiger partial charge in [0.05, 0.1) is 18.5 Å². The van der Waals surface area contributed by atoms with Crippen molar-refractivity contribution in [3.8, 4) is 0 Å². The van der Waals surface area contributed by atoms with Crippen molar-refractivity contribution < 1.29 is 17.9 Å². The molecule has 0 aromatic rings. The molecule has 0 aromatic heterocycles. The van der Waals surface area contributed by atoms with Crippen LogP contribution in [0.5, 0.6) is 0 Å². The van der Waals surface area contributed by atoms with Gasteiger partial charge < -0.3 is 9.47 Å². The molecule has 0 saturated carbocycles. The Hall–Kier alpha value is 0.160. The predicted molar refractivity (Wildman–Crippen MR) is 49.4 cm³/mol. The first-order valence-corrected chi connectivity index (χ1v) is 6.53. The van der Waals surface area contributed by atoms with Gasteiger partial charge in [-0.1, -0.05) is 0 Å². The molecule has 1 heterocycles. The quantitative estimate of drug-likeness (QED) is 0.662. The third-order valence-electron chi connectivity index (χ3n) is 2.16. The molecule has 0 N–H and O–H groups in total. The van der Waals surface area contributed by atoms with Gasteiger partial charge in [0.2, 0.25) is 9.05 Å². The Kier molecular flexibility index (Phi) is 3.97. The van der Waals surface area contributed by atoms with Crippen LogP contribution in [0.1, 0.15) is 6.42 Å². The van der Waals surface area contributed by atoms with Crippen molar-refractivity contribution in [1.82, 2.24) is 0 Å². The van der Waals surface area contributed by atoms with Crippen LogP contribution in [0.3, 0.4) is 0 Å². The minimum atomic E-state index is -3.48. The number of hydrogen-bond donors (Lipinski definition) is 0. The average Bonchev–Trinajstić information content (AvgIpc) is 2.50. The average molecular weight is 229 g/mol. The molecule has 0 aliphatic carbocycles. The van der Waals surface area contributed by atoms with E-state index in [1.807, 2.05) is 0 Å². The van der Waals surface area contributed by atoms with Gasteiger partial charge >= 0.3 is 0 Å². The summed E-state index contributed by atoms with van der Waals surface area (Å²) in [5.74, 6) is 0.0116. The first-order chi connectivity index (χ1) is 6.03. The van der Waals surface area contributed by atoms with Crippen LogP contribution in [-0.4, -0.2) is 40.6 Å². The Balaban J connectivity index is 2.51. The van der Waals surface area contributed by atoms with E-state index in [9.17, 15) is 8.42 Å². The van der Waals surface area contributed by atoms with E-state index >= 15 is 0 Å². The van der Waals surface area contributed by atoms with Gasteiger partial charge in [-0.3, -0.25) is 0 Å². The molecule has 0 bridgehead atoms. The molecular weight excluding hydrogens is 216 g/mol. The highest BCUT2D eigenvalue weighted by Crippen LogP contribution is 2.20. The summed E-state index contributed by atoms with van der Waals surface area (Å²) in [5.41, 5.74) is 0. The predicted octanol–water partition coefficient (Wildman–Crippen LogP) is 0.607. The minimum Gasteiger partial charge on any atom is -0.381 e. The lowest BCUT2D eigenvalue weighted by Crippen LogP contribution is -2.29. The molecule has 0 unspecified atom stereocenters. The summed E-state index contributed by atoms with van der Waals surface area (Å²) in [6.45, 7) is 1.23. The molecule has 0 radical (unpaired) electrons. The number of ether oxygens (including phenoxy) is 2. The first-order valence-electron chi connectivity index (χ1n) is 4.06. The van der Waals surface area contributed by atoms with E-state index in [2.05, 4.69) is 0 Å². The van der Waals surface area contributed by atoms with Crippen LogP contribution < -0.4 is 0 Å². The lowest BCUT2D eigenvalue weighted by Gasteiger charge is -2.18. The van der Waals surface area contributed by atoms with Crippen LogP contribution in [0.25, 0.3) is 0 Å². The largest absolute Gasteiger partial charge is 0.381 e. The smallest absolute Gasteiger partial charge is 0.235 e. The molecule has 0 amide bonds. The molecule has 1 aliphatic heterocycles. The Bertz CT molecular complexity index is 245. The van der Waals surface area contributed by atoms with Gasteiger partial charge in [-0.15, -0.1) is 0 Å². The minimum absolute atomic E-state index is 0.140. The maximum Gasteiger partial charge on any atom is 0.235 e. The van der Waals surface area contributed by atoms with Gasteiger partial charge in [-0.05, 0) is 6.42 Å². The van der Waals surface area contributed by atoms with Gasteiger partial charge in [0.25, 0.3) is 0 Å². The van der Waals surface area contributed by atoms with Crippen LogP contribution in [0.15, 0.2) is 0 Å². The highest BCUT2D eigenvalue weighted by molar-refractivity contribution is 8.13. The van der Waals surface area contributed by atoms with Crippen LogP contribution in [0.4, 0.5) is 0 Å². The van der Waals surface area contributed by atoms with Crippen molar-refractivity contribution >= 4 is 19.7 Å². The molecule has 1 fully saturated rings. The summed E-state index contributed by atoms with van der Waals surface area (Å²) in [6.07, 6.45) is 0.496. The van der Waals surface area contributed by atoms with Crippen LogP contribution in [0, 0.1) is 5.92 Å². The standard InChI is InChI=1S/C7H13ClO4S/c1-11-7(5-13(8,9)10)6-2-3-12-4-6/h6-7H,2-5H2,1H3/t6-,7-/m0/s1. The fraction of sp³-hybridized carbons (Fsp3) is 1.00. The Morgan fingerprint density at radius 2 is 2.38 bits per heavy atom. The van der Waals surface area contributed by atoms with Crippen molar-refractivity contribution in [2.24, 2.45) is 5.92 Å². The van der Waals surface area contributed by atoms with Gasteiger partial charge in [0.1, 0.15) is 0 Å². The first kappa shape index (κ1) is 11.2. The van der Waals surface area contributed by atoms with Crippen molar-refractivity contribution in [2.75, 3.05) is 26.1 Å². The van der Waals surface area contributed by atoms with E-state index in [1.54, 1.807) is 0 Å². The van der Waals surface area contributed by atoms with E-state index in [-0.39, 0.29) is 17.8 Å². The fourth-order valence-electron chi connectivity index (χ4n) is 1.44. The van der Waals surface area contributed by atoms with Gasteiger partial charge in [-0.2, -0.15) is 0 Å². The molecule has 1 aliphatic rings. The number of rotatable bonds is 4. The maximum atomic E-state index is 10.8. The summed E-state index contributed by atoms with van der Waals surface area (Å²) < 4.78 is 31.8. The van der Waals surface area contributed by atoms with Crippen LogP contribution in [0.2, 0.25) is 0 Å². The Morgan fingerprint density at radius 3 is 2.77 bits per heavy atom. The van der Waals surface area contributed by atoms with E-state index in [0.717, 1.165) is 6.42 Å². The molecule has 0 aromatic carbocycles. The second-order valence-corrected chi connectivity index (χ2v) is 5.92. The zero-order chi connectivity index (χ0) is 9.90. The summed E-state index contributed by atoms with van der Waals surface area (Å²) >= 11 is 0. The third kappa shape index (κ3) is 3.81. The van der Waals surface area contributed by atoms with Crippen LogP contribution >= 0.6 is 10.7 Å². The second kappa shape index (κ2) is 4.59. The Labute approximate surface area is 82.6 Å². The van der Waals surface area contributed by atoms with Gasteiger partial charge in [0, 0.05) is 30.3 Å². The zero-order valence-corrected chi connectivity index (χ0v) is 8.97. The third-order valence-corrected chi connectivity index (χ3v) is 3.26. The van der Waals surface area contributed by atoms with Crippen molar-refractivity contribution in [2.45, 2.75) is 12.5 Å². The van der Waals surface area contributed by atoms with E-state index in [4.69, 9.17) is 20.2 Å². The lowest BCUT2D eigenvalue weighted by molar-refractivity contribution is 0.0614. The lowest BCUT2D eigenvalue weighted by atomic mass is 10.0. The van der Waals surface area contributed by atoms with Crippen molar-refractivity contribution in [1.29, 1.82) is 0 Å². The van der Waals surface area contributed by atoms with E-state index < -0.39 is 9.05 Å². The maximum absolute atomic E-state index is 10.8. The van der Waals surface area contributed by atoms with Gasteiger partial charge in [0.15, 0.2) is 0 Å². The SMILES string of the molecule is CO[C@@H](CS(=O)(=O)Cl)[C@H]1CCOC1. The summed E-state index contributed by atoms with van der Waals surface area (Å²) in [4.78, 5) is 0. The van der Waals surface area contributed by atoms with Gasteiger partial charge in [-0.25, -0.2) is 8.42 Å². The van der Waals surface area contributed by atoms with Crippen molar-refractivity contribution in [3.63, 3.8) is 0 Å². The monoisotopic (exact) mass is 228 g/mol. The number of methoxy groups -OCH3 is 1. The molecular formula is C7H13ClO4S. The topological polar surface area (TPSA) is 52.6 Å². The fourth-order valence-corrected chi connectivity index (χ4v) is 2.61. The van der Waals surface area contributed by atoms with E-state index in [1.165, 1.54) is 7.11 Å². The summed E-state index contributed by atoms with van der Waals surface area (Å²) in [5, 5.41) is 0. The molecule has 2 atom stereocenters. The van der Waals surface area contributed by atoms with Crippen molar-refractivity contribution in [3.05, 3.63) is 0 Å². The summed E-state index contributed by atoms with van der Waals surface area (Å²) in [6, 6.07) is 0. The highest BCUT2D eigenvalue weighted by Gasteiger charge is 2.29. The van der Waals surface area contributed by atoms with E-state index in [0.29, 0.717) is 13.2 Å². The molecule has 1 saturated heterocycles. The second-order valence-electron chi connectivity index (χ2n) is 3.10. The number of hydrogen-bond acceptors (Lipinski definition) is 4. The highest BCUT2D eigenvalue weighted by atomic mass is 35.7. The zero-order valence-electron chi connectivity index (χ0n) is 7.40. The molecule has 6 heteroatoms. The molecule has 1 rings (SSSR count). The normalized spacial score (nSPS) is 26.2. The molecule has 78 valence electrons. The van der Waals surface area contributed by atoms with Crippen LogP contribution in [-0.2, 0) is 18.5 Å². The Morgan fingerprint density at radius 1 is 1.69 bits per heavy atom. The molecule has 0 spiro atoms.